The summed E-state index contributed by atoms with van der Waals surface area (Å²) in [5, 5.41) is 3.32. The number of nitrogens with zero attached hydrogens (tertiary/aromatic N) is 2. The number of ether oxygens (including phenoxy) is 1. The van der Waals surface area contributed by atoms with Gasteiger partial charge in [-0.3, -0.25) is 9.10 Å². The molecule has 1 atom stereocenters. The van der Waals surface area contributed by atoms with Gasteiger partial charge in [0.1, 0.15) is 5.75 Å². The Labute approximate surface area is 239 Å². The number of fused-ring (bicyclic) bond motifs is 1. The van der Waals surface area contributed by atoms with Crippen molar-refractivity contribution in [1.82, 2.24) is 4.31 Å². The molecule has 1 saturated heterocycles. The first-order valence-electron chi connectivity index (χ1n) is 12.9. The lowest BCUT2D eigenvalue weighted by Crippen LogP contribution is -2.43. The van der Waals surface area contributed by atoms with E-state index in [2.05, 4.69) is 5.32 Å². The molecule has 0 bridgehead atoms. The summed E-state index contributed by atoms with van der Waals surface area (Å²) >= 11 is 5.93. The van der Waals surface area contributed by atoms with Gasteiger partial charge >= 0.3 is 0 Å². The highest BCUT2D eigenvalue weighted by Crippen LogP contribution is 2.36. The van der Waals surface area contributed by atoms with Crippen LogP contribution in [0.5, 0.6) is 5.75 Å². The first-order valence-corrected chi connectivity index (χ1v) is 16.1. The summed E-state index contributed by atoms with van der Waals surface area (Å²) in [6, 6.07) is 15.9. The SMILES string of the molecule is COc1ccc(S(=O)(=O)N2CCC[C@H](C(=O)Nc3ccc4c(c3)N(S(=O)(=O)c3ccc(Cl)cc3)CC4)C2)cc1C. The normalized spacial score (nSPS) is 17.9. The number of carbonyl (C=O) groups is 1. The summed E-state index contributed by atoms with van der Waals surface area (Å²) in [4.78, 5) is 13.5. The van der Waals surface area contributed by atoms with E-state index in [1.165, 1.54) is 46.1 Å². The Morgan fingerprint density at radius 3 is 2.38 bits per heavy atom. The maximum atomic E-state index is 13.3. The Kier molecular flexibility index (Phi) is 7.84. The van der Waals surface area contributed by atoms with Crippen molar-refractivity contribution >= 4 is 48.9 Å². The van der Waals surface area contributed by atoms with Crippen LogP contribution < -0.4 is 14.4 Å². The number of hydrogen-bond donors (Lipinski definition) is 1. The Hall–Kier alpha value is -3.12. The molecule has 3 aromatic rings. The van der Waals surface area contributed by atoms with E-state index >= 15 is 0 Å². The largest absolute Gasteiger partial charge is 0.496 e. The fourth-order valence-corrected chi connectivity index (χ4v) is 8.42. The molecule has 0 aliphatic carbocycles. The van der Waals surface area contributed by atoms with E-state index in [-0.39, 0.29) is 28.8 Å². The van der Waals surface area contributed by atoms with Crippen LogP contribution in [0.4, 0.5) is 11.4 Å². The average Bonchev–Trinajstić information content (AvgIpc) is 3.37. The minimum absolute atomic E-state index is 0.0568. The molecule has 3 aromatic carbocycles. The van der Waals surface area contributed by atoms with Crippen LogP contribution in [0.25, 0.3) is 0 Å². The number of benzene rings is 3. The van der Waals surface area contributed by atoms with E-state index in [0.29, 0.717) is 53.5 Å². The van der Waals surface area contributed by atoms with Crippen LogP contribution in [0.1, 0.15) is 24.0 Å². The van der Waals surface area contributed by atoms with E-state index in [0.717, 1.165) is 5.56 Å². The molecule has 212 valence electrons. The number of rotatable bonds is 7. The number of methoxy groups -OCH3 is 1. The molecule has 0 saturated carbocycles. The van der Waals surface area contributed by atoms with Crippen molar-refractivity contribution in [2.45, 2.75) is 36.0 Å². The van der Waals surface area contributed by atoms with Crippen LogP contribution in [-0.2, 0) is 31.3 Å². The van der Waals surface area contributed by atoms with E-state index in [4.69, 9.17) is 16.3 Å². The maximum Gasteiger partial charge on any atom is 0.264 e. The first kappa shape index (κ1) is 28.4. The highest BCUT2D eigenvalue weighted by molar-refractivity contribution is 7.92. The molecular weight excluding hydrogens is 574 g/mol. The minimum Gasteiger partial charge on any atom is -0.496 e. The summed E-state index contributed by atoms with van der Waals surface area (Å²) in [5.74, 6) is -0.260. The summed E-state index contributed by atoms with van der Waals surface area (Å²) in [6.45, 7) is 2.45. The van der Waals surface area contributed by atoms with Gasteiger partial charge in [0.2, 0.25) is 15.9 Å². The number of nitrogens with one attached hydrogen (secondary N) is 1. The van der Waals surface area contributed by atoms with Gasteiger partial charge in [-0.15, -0.1) is 0 Å². The van der Waals surface area contributed by atoms with Gasteiger partial charge in [0, 0.05) is 30.3 Å². The monoisotopic (exact) mass is 603 g/mol. The molecule has 2 aliphatic rings. The van der Waals surface area contributed by atoms with Gasteiger partial charge in [-0.2, -0.15) is 4.31 Å². The zero-order valence-corrected chi connectivity index (χ0v) is 24.5. The average molecular weight is 604 g/mol. The Morgan fingerprint density at radius 1 is 0.950 bits per heavy atom. The molecule has 12 heteroatoms. The first-order chi connectivity index (χ1) is 19.0. The summed E-state index contributed by atoms with van der Waals surface area (Å²) in [5.41, 5.74) is 2.53. The molecular formula is C28H30ClN3O6S2. The van der Waals surface area contributed by atoms with Gasteiger partial charge in [-0.05, 0) is 91.9 Å². The summed E-state index contributed by atoms with van der Waals surface area (Å²) in [7, 11) is -6.08. The van der Waals surface area contributed by atoms with Crippen LogP contribution in [-0.4, -0.2) is 53.8 Å². The number of halogens is 1. The number of sulfonamides is 2. The van der Waals surface area contributed by atoms with Crippen molar-refractivity contribution < 1.29 is 26.4 Å². The van der Waals surface area contributed by atoms with E-state index < -0.39 is 26.0 Å². The zero-order valence-electron chi connectivity index (χ0n) is 22.1. The fourth-order valence-electron chi connectivity index (χ4n) is 5.19. The van der Waals surface area contributed by atoms with Crippen molar-refractivity contribution in [3.05, 3.63) is 76.8 Å². The molecule has 2 aliphatic heterocycles. The van der Waals surface area contributed by atoms with Crippen LogP contribution in [0.3, 0.4) is 0 Å². The van der Waals surface area contributed by atoms with Gasteiger partial charge in [-0.1, -0.05) is 17.7 Å². The van der Waals surface area contributed by atoms with Crippen molar-refractivity contribution in [1.29, 1.82) is 0 Å². The Morgan fingerprint density at radius 2 is 1.68 bits per heavy atom. The highest BCUT2D eigenvalue weighted by atomic mass is 35.5. The van der Waals surface area contributed by atoms with Gasteiger partial charge in [0.15, 0.2) is 0 Å². The van der Waals surface area contributed by atoms with E-state index in [1.54, 1.807) is 31.2 Å². The van der Waals surface area contributed by atoms with Crippen molar-refractivity contribution in [3.8, 4) is 5.75 Å². The van der Waals surface area contributed by atoms with Crippen LogP contribution in [0, 0.1) is 12.8 Å². The molecule has 40 heavy (non-hydrogen) atoms. The molecule has 2 heterocycles. The van der Waals surface area contributed by atoms with Gasteiger partial charge in [0.05, 0.1) is 28.5 Å². The number of carbonyl (C=O) groups excluding carboxylic acids is 1. The Balaban J connectivity index is 1.31. The second-order valence-electron chi connectivity index (χ2n) is 9.95. The third kappa shape index (κ3) is 5.43. The second kappa shape index (κ2) is 11.0. The number of amides is 1. The molecule has 5 rings (SSSR count). The summed E-state index contributed by atoms with van der Waals surface area (Å²) in [6.07, 6.45) is 1.64. The predicted octanol–water partition coefficient (Wildman–Crippen LogP) is 4.45. The number of anilines is 2. The number of hydrogen-bond acceptors (Lipinski definition) is 6. The molecule has 0 radical (unpaired) electrons. The molecule has 0 spiro atoms. The highest BCUT2D eigenvalue weighted by Gasteiger charge is 2.35. The number of piperidine rings is 1. The van der Waals surface area contributed by atoms with Crippen molar-refractivity contribution in [2.75, 3.05) is 36.4 Å². The lowest BCUT2D eigenvalue weighted by molar-refractivity contribution is -0.120. The quantitative estimate of drug-likeness (QED) is 0.427. The molecule has 1 fully saturated rings. The smallest absolute Gasteiger partial charge is 0.264 e. The topological polar surface area (TPSA) is 113 Å². The maximum absolute atomic E-state index is 13.3. The lowest BCUT2D eigenvalue weighted by atomic mass is 9.98. The minimum atomic E-state index is -3.81. The van der Waals surface area contributed by atoms with E-state index in [1.807, 2.05) is 6.07 Å². The Bertz CT molecular complexity index is 1660. The van der Waals surface area contributed by atoms with Crippen LogP contribution in [0.2, 0.25) is 5.02 Å². The third-order valence-electron chi connectivity index (χ3n) is 7.37. The molecule has 1 amide bonds. The second-order valence-corrected chi connectivity index (χ2v) is 14.2. The molecule has 0 aromatic heterocycles. The van der Waals surface area contributed by atoms with Crippen LogP contribution in [0.15, 0.2) is 70.5 Å². The molecule has 9 nitrogen and oxygen atoms in total. The molecule has 0 unspecified atom stereocenters. The van der Waals surface area contributed by atoms with Crippen molar-refractivity contribution in [2.24, 2.45) is 5.92 Å². The third-order valence-corrected chi connectivity index (χ3v) is 11.3. The van der Waals surface area contributed by atoms with E-state index in [9.17, 15) is 21.6 Å². The summed E-state index contributed by atoms with van der Waals surface area (Å²) < 4.78 is 61.3. The zero-order chi connectivity index (χ0) is 28.7. The fraction of sp³-hybridized carbons (Fsp3) is 0.321. The van der Waals surface area contributed by atoms with Gasteiger partial charge in [0.25, 0.3) is 10.0 Å². The van der Waals surface area contributed by atoms with Crippen molar-refractivity contribution in [3.63, 3.8) is 0 Å². The van der Waals surface area contributed by atoms with Crippen LogP contribution >= 0.6 is 11.6 Å². The lowest BCUT2D eigenvalue weighted by Gasteiger charge is -2.31. The number of aryl methyl sites for hydroxylation is 1. The van der Waals surface area contributed by atoms with Gasteiger partial charge < -0.3 is 10.1 Å². The standard InChI is InChI=1S/C28H30ClN3O6S2/c1-19-16-25(11-12-27(19)38-2)39(34,35)31-14-3-4-21(18-31)28(33)30-23-8-5-20-13-15-32(26(20)17-23)40(36,37)24-9-6-22(29)7-10-24/h5-12,16-17,21H,3-4,13-15,18H2,1-2H3,(H,30,33)/t21-/m0/s1. The molecule has 1 N–H and O–H groups in total. The van der Waals surface area contributed by atoms with Gasteiger partial charge in [-0.25, -0.2) is 16.8 Å². The predicted molar refractivity (Wildman–Crippen MR) is 154 cm³/mol.